The smallest absolute Gasteiger partial charge is 0.289 e. The molecule has 3 rings (SSSR count). The Balaban J connectivity index is 1.68. The molecule has 0 radical (unpaired) electrons. The fraction of sp³-hybridized carbons (Fsp3) is 0.105. The zero-order valence-electron chi connectivity index (χ0n) is 14.1. The number of amides is 1. The molecule has 7 heteroatoms. The quantitative estimate of drug-likeness (QED) is 0.511. The fourth-order valence-electron chi connectivity index (χ4n) is 2.30. The lowest BCUT2D eigenvalue weighted by Gasteiger charge is -2.03. The van der Waals surface area contributed by atoms with E-state index in [-0.39, 0.29) is 0 Å². The maximum absolute atomic E-state index is 12.2. The maximum atomic E-state index is 12.2. The van der Waals surface area contributed by atoms with Crippen LogP contribution in [0, 0.1) is 0 Å². The van der Waals surface area contributed by atoms with Gasteiger partial charge in [0, 0.05) is 16.1 Å². The van der Waals surface area contributed by atoms with E-state index >= 15 is 0 Å². The van der Waals surface area contributed by atoms with Crippen LogP contribution in [0.3, 0.4) is 0 Å². The summed E-state index contributed by atoms with van der Waals surface area (Å²) in [6.45, 7) is 2.51. The highest BCUT2D eigenvalue weighted by Crippen LogP contribution is 2.22. The molecule has 0 saturated carbocycles. The first-order valence-electron chi connectivity index (χ1n) is 8.04. The van der Waals surface area contributed by atoms with Crippen molar-refractivity contribution < 1.29 is 9.53 Å². The highest BCUT2D eigenvalue weighted by Gasteiger charge is 2.11. The average molecular weight is 369 g/mol. The molecule has 132 valence electrons. The molecule has 0 saturated heterocycles. The third-order valence-electron chi connectivity index (χ3n) is 3.54. The van der Waals surface area contributed by atoms with Gasteiger partial charge >= 0.3 is 0 Å². The van der Waals surface area contributed by atoms with Crippen molar-refractivity contribution in [3.05, 3.63) is 70.9 Å². The van der Waals surface area contributed by atoms with Gasteiger partial charge in [-0.05, 0) is 31.2 Å². The first kappa shape index (κ1) is 17.7. The molecule has 0 unspecified atom stereocenters. The summed E-state index contributed by atoms with van der Waals surface area (Å²) in [6, 6.07) is 16.4. The molecule has 1 aromatic heterocycles. The number of carbonyl (C=O) groups excluding carboxylic acids is 1. The van der Waals surface area contributed by atoms with Crippen LogP contribution in [0.4, 0.5) is 0 Å². The van der Waals surface area contributed by atoms with Gasteiger partial charge in [-0.25, -0.2) is 5.43 Å². The van der Waals surface area contributed by atoms with E-state index in [4.69, 9.17) is 16.3 Å². The van der Waals surface area contributed by atoms with Crippen LogP contribution in [0.25, 0.3) is 11.3 Å². The summed E-state index contributed by atoms with van der Waals surface area (Å²) >= 11 is 6.03. The van der Waals surface area contributed by atoms with Gasteiger partial charge in [-0.15, -0.1) is 0 Å². The molecular formula is C19H17ClN4O2. The normalized spacial score (nSPS) is 10.8. The molecule has 3 aromatic rings. The van der Waals surface area contributed by atoms with Gasteiger partial charge in [0.15, 0.2) is 0 Å². The number of aromatic amines is 1. The Morgan fingerprint density at radius 3 is 2.92 bits per heavy atom. The van der Waals surface area contributed by atoms with Gasteiger partial charge in [0.25, 0.3) is 5.91 Å². The standard InChI is InChI=1S/C19H17ClN4O2/c1-2-26-15-8-5-7-13(10-15)17-11-18(23-22-17)19(25)24-21-12-14-6-3-4-9-16(14)20/h3-12H,2H2,1H3,(H,22,23)(H,24,25)/b21-12-. The molecule has 26 heavy (non-hydrogen) atoms. The van der Waals surface area contributed by atoms with Gasteiger partial charge in [0.1, 0.15) is 11.4 Å². The summed E-state index contributed by atoms with van der Waals surface area (Å²) in [5, 5.41) is 11.4. The highest BCUT2D eigenvalue weighted by atomic mass is 35.5. The van der Waals surface area contributed by atoms with Crippen LogP contribution in [0.15, 0.2) is 59.7 Å². The molecule has 1 heterocycles. The zero-order valence-corrected chi connectivity index (χ0v) is 14.8. The van der Waals surface area contributed by atoms with Crippen LogP contribution in [-0.4, -0.2) is 28.9 Å². The molecule has 0 atom stereocenters. The number of H-pyrrole nitrogens is 1. The van der Waals surface area contributed by atoms with E-state index in [1.54, 1.807) is 18.2 Å². The SMILES string of the molecule is CCOc1cccc(-c2cc(C(=O)N/N=C\c3ccccc3Cl)[nH]n2)c1. The van der Waals surface area contributed by atoms with Gasteiger partial charge in [0.05, 0.1) is 18.5 Å². The van der Waals surface area contributed by atoms with Crippen molar-refractivity contribution in [2.75, 3.05) is 6.61 Å². The average Bonchev–Trinajstić information content (AvgIpc) is 3.14. The first-order valence-corrected chi connectivity index (χ1v) is 8.41. The predicted molar refractivity (Wildman–Crippen MR) is 102 cm³/mol. The van der Waals surface area contributed by atoms with E-state index < -0.39 is 5.91 Å². The minimum Gasteiger partial charge on any atom is -0.494 e. The van der Waals surface area contributed by atoms with Crippen LogP contribution < -0.4 is 10.2 Å². The molecule has 0 spiro atoms. The number of benzene rings is 2. The molecule has 0 aliphatic heterocycles. The topological polar surface area (TPSA) is 79.4 Å². The minimum atomic E-state index is -0.395. The monoisotopic (exact) mass is 368 g/mol. The van der Waals surface area contributed by atoms with Crippen molar-refractivity contribution in [2.45, 2.75) is 6.92 Å². The second kappa shape index (κ2) is 8.31. The Morgan fingerprint density at radius 2 is 2.12 bits per heavy atom. The molecule has 2 N–H and O–H groups in total. The highest BCUT2D eigenvalue weighted by molar-refractivity contribution is 6.33. The molecule has 0 aliphatic rings. The van der Waals surface area contributed by atoms with Crippen molar-refractivity contribution in [1.82, 2.24) is 15.6 Å². The molecule has 0 aliphatic carbocycles. The summed E-state index contributed by atoms with van der Waals surface area (Å²) in [7, 11) is 0. The van der Waals surface area contributed by atoms with Crippen molar-refractivity contribution >= 4 is 23.7 Å². The van der Waals surface area contributed by atoms with Gasteiger partial charge in [-0.3, -0.25) is 9.89 Å². The summed E-state index contributed by atoms with van der Waals surface area (Å²) in [5.41, 5.74) is 4.96. The van der Waals surface area contributed by atoms with E-state index in [2.05, 4.69) is 20.7 Å². The zero-order chi connectivity index (χ0) is 18.4. The second-order valence-electron chi connectivity index (χ2n) is 5.35. The van der Waals surface area contributed by atoms with Crippen LogP contribution in [0.5, 0.6) is 5.75 Å². The van der Waals surface area contributed by atoms with Crippen LogP contribution in [0.1, 0.15) is 23.0 Å². The van der Waals surface area contributed by atoms with Gasteiger partial charge in [0.2, 0.25) is 0 Å². The Bertz CT molecular complexity index is 937. The van der Waals surface area contributed by atoms with Crippen LogP contribution in [0.2, 0.25) is 5.02 Å². The Hall–Kier alpha value is -3.12. The number of ether oxygens (including phenoxy) is 1. The number of nitrogens with zero attached hydrogens (tertiary/aromatic N) is 2. The van der Waals surface area contributed by atoms with Gasteiger partial charge in [-0.2, -0.15) is 10.2 Å². The number of hydrazone groups is 1. The second-order valence-corrected chi connectivity index (χ2v) is 5.76. The minimum absolute atomic E-state index is 0.304. The number of aromatic nitrogens is 2. The Labute approximate surface area is 155 Å². The third kappa shape index (κ3) is 4.29. The van der Waals surface area contributed by atoms with Crippen molar-refractivity contribution in [3.8, 4) is 17.0 Å². The van der Waals surface area contributed by atoms with E-state index in [1.165, 1.54) is 6.21 Å². The molecule has 0 bridgehead atoms. The number of nitrogens with one attached hydrogen (secondary N) is 2. The molecule has 1 amide bonds. The van der Waals surface area contributed by atoms with E-state index in [0.29, 0.717) is 28.6 Å². The summed E-state index contributed by atoms with van der Waals surface area (Å²) in [6.07, 6.45) is 1.49. The lowest BCUT2D eigenvalue weighted by molar-refractivity contribution is 0.0950. The number of rotatable bonds is 6. The summed E-state index contributed by atoms with van der Waals surface area (Å²) in [5.74, 6) is 0.358. The number of hydrogen-bond acceptors (Lipinski definition) is 4. The Morgan fingerprint density at radius 1 is 1.27 bits per heavy atom. The molecular weight excluding hydrogens is 352 g/mol. The summed E-state index contributed by atoms with van der Waals surface area (Å²) in [4.78, 5) is 12.2. The van der Waals surface area contributed by atoms with Gasteiger partial charge < -0.3 is 4.74 Å². The van der Waals surface area contributed by atoms with Crippen molar-refractivity contribution in [2.24, 2.45) is 5.10 Å². The van der Waals surface area contributed by atoms with Crippen molar-refractivity contribution in [3.63, 3.8) is 0 Å². The summed E-state index contributed by atoms with van der Waals surface area (Å²) < 4.78 is 5.48. The maximum Gasteiger partial charge on any atom is 0.289 e. The van der Waals surface area contributed by atoms with E-state index in [9.17, 15) is 4.79 Å². The van der Waals surface area contributed by atoms with E-state index in [1.807, 2.05) is 43.3 Å². The number of carbonyl (C=O) groups is 1. The van der Waals surface area contributed by atoms with Gasteiger partial charge in [-0.1, -0.05) is 41.9 Å². The third-order valence-corrected chi connectivity index (χ3v) is 3.88. The number of halogens is 1. The number of hydrogen-bond donors (Lipinski definition) is 2. The predicted octanol–water partition coefficient (Wildman–Crippen LogP) is 3.89. The van der Waals surface area contributed by atoms with Crippen LogP contribution in [-0.2, 0) is 0 Å². The molecule has 2 aromatic carbocycles. The molecule has 0 fully saturated rings. The Kier molecular flexibility index (Phi) is 5.66. The van der Waals surface area contributed by atoms with E-state index in [0.717, 1.165) is 11.3 Å². The van der Waals surface area contributed by atoms with Crippen LogP contribution >= 0.6 is 11.6 Å². The van der Waals surface area contributed by atoms with Crippen molar-refractivity contribution in [1.29, 1.82) is 0 Å². The molecule has 6 nitrogen and oxygen atoms in total. The lowest BCUT2D eigenvalue weighted by Crippen LogP contribution is -2.18. The lowest BCUT2D eigenvalue weighted by atomic mass is 10.1. The first-order chi connectivity index (χ1) is 12.7. The largest absolute Gasteiger partial charge is 0.494 e. The fourth-order valence-corrected chi connectivity index (χ4v) is 2.48.